The Kier molecular flexibility index (Phi) is 5.84. The molecule has 2 aromatic carbocycles. The first-order chi connectivity index (χ1) is 13.2. The van der Waals surface area contributed by atoms with Crippen LogP contribution in [-0.2, 0) is 5.75 Å². The quantitative estimate of drug-likeness (QED) is 0.456. The van der Waals surface area contributed by atoms with Crippen LogP contribution in [0.1, 0.15) is 55.0 Å². The molecule has 0 spiro atoms. The van der Waals surface area contributed by atoms with Crippen LogP contribution in [0, 0.1) is 6.92 Å². The summed E-state index contributed by atoms with van der Waals surface area (Å²) in [7, 11) is 0. The molecule has 0 saturated heterocycles. The second-order valence-corrected chi connectivity index (χ2v) is 8.64. The van der Waals surface area contributed by atoms with Crippen LogP contribution in [0.2, 0.25) is 5.02 Å². The molecule has 1 fully saturated rings. The van der Waals surface area contributed by atoms with Crippen molar-refractivity contribution in [2.45, 2.75) is 55.9 Å². The first-order valence-electron chi connectivity index (χ1n) is 9.60. The molecule has 140 valence electrons. The van der Waals surface area contributed by atoms with Crippen molar-refractivity contribution in [3.8, 4) is 5.69 Å². The van der Waals surface area contributed by atoms with Gasteiger partial charge >= 0.3 is 0 Å². The largest absolute Gasteiger partial charge is 0.274 e. The lowest BCUT2D eigenvalue weighted by atomic mass is 9.88. The molecule has 1 aliphatic rings. The van der Waals surface area contributed by atoms with Crippen molar-refractivity contribution < 1.29 is 0 Å². The molecule has 1 saturated carbocycles. The van der Waals surface area contributed by atoms with E-state index in [-0.39, 0.29) is 0 Å². The van der Waals surface area contributed by atoms with E-state index >= 15 is 0 Å². The van der Waals surface area contributed by atoms with Crippen LogP contribution >= 0.6 is 23.4 Å². The van der Waals surface area contributed by atoms with Gasteiger partial charge < -0.3 is 0 Å². The van der Waals surface area contributed by atoms with E-state index in [1.54, 1.807) is 11.8 Å². The summed E-state index contributed by atoms with van der Waals surface area (Å²) in [6, 6.07) is 16.7. The zero-order valence-corrected chi connectivity index (χ0v) is 17.1. The molecular formula is C22H24ClN3S. The molecule has 1 aromatic heterocycles. The van der Waals surface area contributed by atoms with E-state index < -0.39 is 0 Å². The fourth-order valence-corrected chi connectivity index (χ4v) is 4.71. The summed E-state index contributed by atoms with van der Waals surface area (Å²) in [5.74, 6) is 2.49. The van der Waals surface area contributed by atoms with Crippen LogP contribution in [0.4, 0.5) is 0 Å². The number of hydrogen-bond acceptors (Lipinski definition) is 3. The highest BCUT2D eigenvalue weighted by Gasteiger charge is 2.24. The summed E-state index contributed by atoms with van der Waals surface area (Å²) in [5, 5.41) is 10.9. The molecule has 27 heavy (non-hydrogen) atoms. The Bertz CT molecular complexity index is 881. The Morgan fingerprint density at radius 3 is 2.37 bits per heavy atom. The van der Waals surface area contributed by atoms with Gasteiger partial charge in [-0.2, -0.15) is 0 Å². The van der Waals surface area contributed by atoms with Crippen molar-refractivity contribution in [3.63, 3.8) is 0 Å². The molecule has 1 heterocycles. The van der Waals surface area contributed by atoms with Gasteiger partial charge in [0.25, 0.3) is 0 Å². The summed E-state index contributed by atoms with van der Waals surface area (Å²) < 4.78 is 2.27. The average Bonchev–Trinajstić information content (AvgIpc) is 3.13. The van der Waals surface area contributed by atoms with E-state index in [0.717, 1.165) is 27.4 Å². The zero-order chi connectivity index (χ0) is 18.6. The minimum Gasteiger partial charge on any atom is -0.274 e. The third-order valence-corrected chi connectivity index (χ3v) is 6.45. The number of nitrogens with zero attached hydrogens (tertiary/aromatic N) is 3. The monoisotopic (exact) mass is 397 g/mol. The summed E-state index contributed by atoms with van der Waals surface area (Å²) in [6.07, 6.45) is 6.35. The molecule has 3 nitrogen and oxygen atoms in total. The van der Waals surface area contributed by atoms with Crippen molar-refractivity contribution in [1.82, 2.24) is 14.8 Å². The molecule has 0 atom stereocenters. The summed E-state index contributed by atoms with van der Waals surface area (Å²) in [6.45, 7) is 2.12. The Morgan fingerprint density at radius 2 is 1.67 bits per heavy atom. The molecule has 4 rings (SSSR count). The molecule has 0 unspecified atom stereocenters. The molecule has 5 heteroatoms. The van der Waals surface area contributed by atoms with Crippen LogP contribution in [0.3, 0.4) is 0 Å². The SMILES string of the molecule is Cc1ccc(-n2c(SCc3ccc(Cl)cc3)nnc2C2CCCCC2)cc1. The molecular weight excluding hydrogens is 374 g/mol. The molecule has 0 amide bonds. The lowest BCUT2D eigenvalue weighted by Gasteiger charge is -2.22. The minimum atomic E-state index is 0.512. The van der Waals surface area contributed by atoms with E-state index in [4.69, 9.17) is 11.6 Å². The Labute approximate surface area is 170 Å². The molecule has 1 aliphatic carbocycles. The third kappa shape index (κ3) is 4.39. The Hall–Kier alpha value is -1.78. The predicted octanol–water partition coefficient (Wildman–Crippen LogP) is 6.57. The topological polar surface area (TPSA) is 30.7 Å². The summed E-state index contributed by atoms with van der Waals surface area (Å²) >= 11 is 7.74. The molecule has 0 N–H and O–H groups in total. The van der Waals surface area contributed by atoms with Crippen molar-refractivity contribution in [2.75, 3.05) is 0 Å². The normalized spacial score (nSPS) is 15.2. The summed E-state index contributed by atoms with van der Waals surface area (Å²) in [4.78, 5) is 0. The number of rotatable bonds is 5. The highest BCUT2D eigenvalue weighted by atomic mass is 35.5. The van der Waals surface area contributed by atoms with Gasteiger partial charge in [0.2, 0.25) is 0 Å². The molecule has 0 bridgehead atoms. The highest BCUT2D eigenvalue weighted by molar-refractivity contribution is 7.98. The standard InChI is InChI=1S/C22H24ClN3S/c1-16-7-13-20(14-8-16)26-21(18-5-3-2-4-6-18)24-25-22(26)27-15-17-9-11-19(23)12-10-17/h7-14,18H,2-6,15H2,1H3. The van der Waals surface area contributed by atoms with Gasteiger partial charge in [-0.3, -0.25) is 4.57 Å². The fourth-order valence-electron chi connectivity index (χ4n) is 3.66. The number of thioether (sulfide) groups is 1. The maximum atomic E-state index is 6.00. The van der Waals surface area contributed by atoms with Crippen LogP contribution in [0.25, 0.3) is 5.69 Å². The second-order valence-electron chi connectivity index (χ2n) is 7.26. The average molecular weight is 398 g/mol. The lowest BCUT2D eigenvalue weighted by molar-refractivity contribution is 0.423. The maximum absolute atomic E-state index is 6.00. The van der Waals surface area contributed by atoms with Gasteiger partial charge in [0.1, 0.15) is 5.82 Å². The second kappa shape index (κ2) is 8.49. The maximum Gasteiger partial charge on any atom is 0.196 e. The predicted molar refractivity (Wildman–Crippen MR) is 113 cm³/mol. The fraction of sp³-hybridized carbons (Fsp3) is 0.364. The smallest absolute Gasteiger partial charge is 0.196 e. The number of halogens is 1. The Balaban J connectivity index is 1.64. The number of hydrogen-bond donors (Lipinski definition) is 0. The number of aryl methyl sites for hydroxylation is 1. The number of aromatic nitrogens is 3. The van der Waals surface area contributed by atoms with Crippen LogP contribution in [-0.4, -0.2) is 14.8 Å². The van der Waals surface area contributed by atoms with Gasteiger partial charge in [-0.05, 0) is 49.6 Å². The Morgan fingerprint density at radius 1 is 0.963 bits per heavy atom. The minimum absolute atomic E-state index is 0.512. The molecule has 0 radical (unpaired) electrons. The van der Waals surface area contributed by atoms with Gasteiger partial charge in [0, 0.05) is 22.4 Å². The van der Waals surface area contributed by atoms with Crippen molar-refractivity contribution in [1.29, 1.82) is 0 Å². The van der Waals surface area contributed by atoms with Crippen molar-refractivity contribution in [3.05, 3.63) is 70.5 Å². The summed E-state index contributed by atoms with van der Waals surface area (Å²) in [5.41, 5.74) is 3.66. The van der Waals surface area contributed by atoms with Crippen LogP contribution < -0.4 is 0 Å². The van der Waals surface area contributed by atoms with Gasteiger partial charge in [-0.25, -0.2) is 0 Å². The highest BCUT2D eigenvalue weighted by Crippen LogP contribution is 2.35. The van der Waals surface area contributed by atoms with Crippen LogP contribution in [0.15, 0.2) is 53.7 Å². The van der Waals surface area contributed by atoms with E-state index in [1.807, 2.05) is 12.1 Å². The molecule has 0 aliphatic heterocycles. The van der Waals surface area contributed by atoms with Crippen molar-refractivity contribution in [2.24, 2.45) is 0 Å². The third-order valence-electron chi connectivity index (χ3n) is 5.20. The van der Waals surface area contributed by atoms with Gasteiger partial charge in [-0.15, -0.1) is 10.2 Å². The van der Waals surface area contributed by atoms with Gasteiger partial charge in [-0.1, -0.05) is 72.5 Å². The van der Waals surface area contributed by atoms with Crippen LogP contribution in [0.5, 0.6) is 0 Å². The van der Waals surface area contributed by atoms with E-state index in [0.29, 0.717) is 5.92 Å². The zero-order valence-electron chi connectivity index (χ0n) is 15.6. The van der Waals surface area contributed by atoms with Gasteiger partial charge in [0.05, 0.1) is 0 Å². The number of benzene rings is 2. The lowest BCUT2D eigenvalue weighted by Crippen LogP contribution is -2.12. The van der Waals surface area contributed by atoms with E-state index in [2.05, 4.69) is 58.1 Å². The first-order valence-corrected chi connectivity index (χ1v) is 11.0. The van der Waals surface area contributed by atoms with E-state index in [1.165, 1.54) is 43.2 Å². The van der Waals surface area contributed by atoms with E-state index in [9.17, 15) is 0 Å². The first kappa shape index (κ1) is 18.6. The van der Waals surface area contributed by atoms with Crippen molar-refractivity contribution >= 4 is 23.4 Å². The van der Waals surface area contributed by atoms with Gasteiger partial charge in [0.15, 0.2) is 5.16 Å². The molecule has 3 aromatic rings.